The summed E-state index contributed by atoms with van der Waals surface area (Å²) in [4.78, 5) is 28.2. The Morgan fingerprint density at radius 1 is 0.931 bits per heavy atom. The average molecular weight is 414 g/mol. The number of hydrogen-bond acceptors (Lipinski definition) is 3. The van der Waals surface area contributed by atoms with E-state index in [9.17, 15) is 14.7 Å². The van der Waals surface area contributed by atoms with Crippen molar-refractivity contribution < 1.29 is 14.7 Å². The van der Waals surface area contributed by atoms with Crippen LogP contribution in [-0.2, 0) is 4.79 Å². The molecule has 2 aliphatic rings. The third-order valence-corrected chi connectivity index (χ3v) is 8.11. The SMILES string of the molecule is CC1CCC(C(=O)N(c2c(C(=O)O)sc3ccccc23)C2CCC(C)CC2)CC1. The Kier molecular flexibility index (Phi) is 5.95. The highest BCUT2D eigenvalue weighted by atomic mass is 32.1. The Hall–Kier alpha value is -1.88. The van der Waals surface area contributed by atoms with Crippen molar-refractivity contribution in [3.05, 3.63) is 29.1 Å². The summed E-state index contributed by atoms with van der Waals surface area (Å²) >= 11 is 1.30. The number of carboxylic acids is 1. The Balaban J connectivity index is 1.78. The molecule has 0 bridgehead atoms. The smallest absolute Gasteiger partial charge is 0.348 e. The van der Waals surface area contributed by atoms with Crippen LogP contribution in [0.2, 0.25) is 0 Å². The molecular formula is C24H31NO3S. The molecule has 4 nitrogen and oxygen atoms in total. The van der Waals surface area contributed by atoms with Gasteiger partial charge in [0, 0.05) is 22.0 Å². The Bertz CT molecular complexity index is 889. The number of rotatable bonds is 4. The highest BCUT2D eigenvalue weighted by Gasteiger charge is 2.37. The number of fused-ring (bicyclic) bond motifs is 1. The topological polar surface area (TPSA) is 57.6 Å². The van der Waals surface area contributed by atoms with Crippen LogP contribution in [-0.4, -0.2) is 23.0 Å². The zero-order valence-electron chi connectivity index (χ0n) is 17.4. The lowest BCUT2D eigenvalue weighted by molar-refractivity contribution is -0.124. The van der Waals surface area contributed by atoms with Gasteiger partial charge >= 0.3 is 5.97 Å². The second-order valence-corrected chi connectivity index (χ2v) is 10.2. The second-order valence-electron chi connectivity index (χ2n) is 9.16. The average Bonchev–Trinajstić information content (AvgIpc) is 3.10. The molecule has 0 radical (unpaired) electrons. The first-order chi connectivity index (χ1) is 14.0. The van der Waals surface area contributed by atoms with Crippen molar-refractivity contribution in [3.63, 3.8) is 0 Å². The van der Waals surface area contributed by atoms with E-state index in [-0.39, 0.29) is 17.9 Å². The largest absolute Gasteiger partial charge is 0.477 e. The van der Waals surface area contributed by atoms with Gasteiger partial charge in [0.05, 0.1) is 5.69 Å². The lowest BCUT2D eigenvalue weighted by atomic mass is 9.81. The van der Waals surface area contributed by atoms with E-state index in [1.807, 2.05) is 29.2 Å². The standard InChI is InChI=1S/C24H31NO3S/c1-15-7-11-17(12-8-15)23(26)25(18-13-9-16(2)10-14-18)21-19-5-3-4-6-20(19)29-22(21)24(27)28/h3-6,15-18H,7-14H2,1-2H3,(H,27,28). The van der Waals surface area contributed by atoms with Gasteiger partial charge in [0.1, 0.15) is 4.88 Å². The van der Waals surface area contributed by atoms with Gasteiger partial charge < -0.3 is 10.0 Å². The highest BCUT2D eigenvalue weighted by Crippen LogP contribution is 2.43. The van der Waals surface area contributed by atoms with Crippen LogP contribution in [0.25, 0.3) is 10.1 Å². The normalized spacial score (nSPS) is 27.7. The van der Waals surface area contributed by atoms with Gasteiger partial charge in [-0.1, -0.05) is 32.0 Å². The molecule has 2 fully saturated rings. The molecule has 0 unspecified atom stereocenters. The summed E-state index contributed by atoms with van der Waals surface area (Å²) in [5.74, 6) is 0.602. The number of hydrogen-bond donors (Lipinski definition) is 1. The third-order valence-electron chi connectivity index (χ3n) is 6.96. The van der Waals surface area contributed by atoms with E-state index in [0.29, 0.717) is 22.4 Å². The lowest BCUT2D eigenvalue weighted by Gasteiger charge is -2.39. The zero-order valence-corrected chi connectivity index (χ0v) is 18.2. The molecule has 2 saturated carbocycles. The van der Waals surface area contributed by atoms with Crippen LogP contribution in [0.4, 0.5) is 5.69 Å². The summed E-state index contributed by atoms with van der Waals surface area (Å²) in [5.41, 5.74) is 0.654. The van der Waals surface area contributed by atoms with E-state index < -0.39 is 5.97 Å². The van der Waals surface area contributed by atoms with E-state index in [4.69, 9.17) is 0 Å². The summed E-state index contributed by atoms with van der Waals surface area (Å²) in [5, 5.41) is 10.9. The minimum atomic E-state index is -0.930. The van der Waals surface area contributed by atoms with Crippen LogP contribution in [0.15, 0.2) is 24.3 Å². The van der Waals surface area contributed by atoms with Crippen LogP contribution in [0, 0.1) is 17.8 Å². The molecule has 2 aromatic rings. The summed E-state index contributed by atoms with van der Waals surface area (Å²) in [6, 6.07) is 7.92. The predicted molar refractivity (Wildman–Crippen MR) is 119 cm³/mol. The maximum absolute atomic E-state index is 13.8. The van der Waals surface area contributed by atoms with E-state index in [2.05, 4.69) is 13.8 Å². The molecular weight excluding hydrogens is 382 g/mol. The Morgan fingerprint density at radius 3 is 2.14 bits per heavy atom. The molecule has 156 valence electrons. The first-order valence-corrected chi connectivity index (χ1v) is 11.8. The van der Waals surface area contributed by atoms with Crippen LogP contribution in [0.1, 0.15) is 74.9 Å². The summed E-state index contributed by atoms with van der Waals surface area (Å²) in [6.07, 6.45) is 8.12. The van der Waals surface area contributed by atoms with Crippen LogP contribution < -0.4 is 4.90 Å². The molecule has 1 N–H and O–H groups in total. The maximum Gasteiger partial charge on any atom is 0.348 e. The quantitative estimate of drug-likeness (QED) is 0.636. The van der Waals surface area contributed by atoms with Gasteiger partial charge in [0.15, 0.2) is 0 Å². The molecule has 0 saturated heterocycles. The minimum absolute atomic E-state index is 0.0193. The molecule has 1 aromatic heterocycles. The fourth-order valence-electron chi connectivity index (χ4n) is 5.09. The van der Waals surface area contributed by atoms with Gasteiger partial charge in [-0.15, -0.1) is 11.3 Å². The fourth-order valence-corrected chi connectivity index (χ4v) is 6.13. The number of carbonyl (C=O) groups excluding carboxylic acids is 1. The first kappa shape index (κ1) is 20.4. The molecule has 1 heterocycles. The molecule has 4 rings (SSSR count). The van der Waals surface area contributed by atoms with Crippen molar-refractivity contribution in [2.45, 2.75) is 71.3 Å². The van der Waals surface area contributed by atoms with Crippen molar-refractivity contribution in [3.8, 4) is 0 Å². The van der Waals surface area contributed by atoms with Gasteiger partial charge in [-0.05, 0) is 69.3 Å². The van der Waals surface area contributed by atoms with E-state index in [0.717, 1.165) is 61.5 Å². The van der Waals surface area contributed by atoms with Gasteiger partial charge in [-0.2, -0.15) is 0 Å². The number of amides is 1. The van der Waals surface area contributed by atoms with Crippen molar-refractivity contribution in [1.29, 1.82) is 0 Å². The minimum Gasteiger partial charge on any atom is -0.477 e. The number of benzene rings is 1. The molecule has 0 spiro atoms. The molecule has 1 aromatic carbocycles. The number of carbonyl (C=O) groups is 2. The van der Waals surface area contributed by atoms with Gasteiger partial charge in [-0.25, -0.2) is 4.79 Å². The van der Waals surface area contributed by atoms with Gasteiger partial charge in [-0.3, -0.25) is 4.79 Å². The molecule has 29 heavy (non-hydrogen) atoms. The monoisotopic (exact) mass is 413 g/mol. The zero-order chi connectivity index (χ0) is 20.5. The van der Waals surface area contributed by atoms with E-state index >= 15 is 0 Å². The Labute approximate surface area is 176 Å². The van der Waals surface area contributed by atoms with Crippen LogP contribution >= 0.6 is 11.3 Å². The third kappa shape index (κ3) is 4.07. The summed E-state index contributed by atoms with van der Waals surface area (Å²) in [7, 11) is 0. The second kappa shape index (κ2) is 8.47. The molecule has 1 amide bonds. The van der Waals surface area contributed by atoms with Crippen LogP contribution in [0.5, 0.6) is 0 Å². The molecule has 5 heteroatoms. The highest BCUT2D eigenvalue weighted by molar-refractivity contribution is 7.21. The number of anilines is 1. The summed E-state index contributed by atoms with van der Waals surface area (Å²) in [6.45, 7) is 4.53. The van der Waals surface area contributed by atoms with Crippen molar-refractivity contribution in [2.75, 3.05) is 4.90 Å². The molecule has 2 aliphatic carbocycles. The lowest BCUT2D eigenvalue weighted by Crippen LogP contribution is -2.46. The number of aromatic carboxylic acids is 1. The van der Waals surface area contributed by atoms with E-state index in [1.165, 1.54) is 11.3 Å². The first-order valence-electron chi connectivity index (χ1n) is 11.0. The maximum atomic E-state index is 13.8. The van der Waals surface area contributed by atoms with Crippen molar-refractivity contribution in [2.24, 2.45) is 17.8 Å². The summed E-state index contributed by atoms with van der Waals surface area (Å²) < 4.78 is 0.944. The number of thiophene rings is 1. The Morgan fingerprint density at radius 2 is 1.52 bits per heavy atom. The van der Waals surface area contributed by atoms with Crippen molar-refractivity contribution >= 4 is 39.0 Å². The predicted octanol–water partition coefficient (Wildman–Crippen LogP) is 6.34. The van der Waals surface area contributed by atoms with Crippen LogP contribution in [0.3, 0.4) is 0 Å². The van der Waals surface area contributed by atoms with Gasteiger partial charge in [0.25, 0.3) is 0 Å². The number of carboxylic acid groups (broad SMARTS) is 1. The number of nitrogens with zero attached hydrogens (tertiary/aromatic N) is 1. The molecule has 0 aliphatic heterocycles. The van der Waals surface area contributed by atoms with Crippen molar-refractivity contribution in [1.82, 2.24) is 0 Å². The molecule has 0 atom stereocenters. The fraction of sp³-hybridized carbons (Fsp3) is 0.583. The van der Waals surface area contributed by atoms with E-state index in [1.54, 1.807) is 0 Å². The van der Waals surface area contributed by atoms with Gasteiger partial charge in [0.2, 0.25) is 5.91 Å².